The molecule has 2 N–H and O–H groups in total. The van der Waals surface area contributed by atoms with E-state index >= 15 is 0 Å². The summed E-state index contributed by atoms with van der Waals surface area (Å²) < 4.78 is 4.95. The Labute approximate surface area is 113 Å². The summed E-state index contributed by atoms with van der Waals surface area (Å²) in [5, 5.41) is 0. The third-order valence-electron chi connectivity index (χ3n) is 3.26. The molecule has 100 valence electrons. The Morgan fingerprint density at radius 2 is 2.16 bits per heavy atom. The van der Waals surface area contributed by atoms with Gasteiger partial charge in [0.2, 0.25) is 0 Å². The van der Waals surface area contributed by atoms with E-state index in [4.69, 9.17) is 10.5 Å². The molecule has 0 bridgehead atoms. The molecule has 0 radical (unpaired) electrons. The van der Waals surface area contributed by atoms with Gasteiger partial charge in [-0.3, -0.25) is 4.79 Å². The highest BCUT2D eigenvalue weighted by Gasteiger charge is 2.24. The van der Waals surface area contributed by atoms with Gasteiger partial charge in [0.05, 0.1) is 6.61 Å². The molecule has 1 aliphatic rings. The molecule has 1 aromatic rings. The minimum absolute atomic E-state index is 0.0199. The maximum absolute atomic E-state index is 11.6. The number of hydrogen-bond donors (Lipinski definition) is 1. The first kappa shape index (κ1) is 13.6. The molecule has 3 nitrogen and oxygen atoms in total. The van der Waals surface area contributed by atoms with E-state index in [0.717, 1.165) is 6.42 Å². The summed E-state index contributed by atoms with van der Waals surface area (Å²) in [5.74, 6) is -0.305. The highest BCUT2D eigenvalue weighted by atomic mass is 16.5. The summed E-state index contributed by atoms with van der Waals surface area (Å²) in [4.78, 5) is 11.6. The van der Waals surface area contributed by atoms with E-state index in [-0.39, 0.29) is 11.9 Å². The molecule has 0 spiro atoms. The fourth-order valence-corrected chi connectivity index (χ4v) is 2.16. The van der Waals surface area contributed by atoms with Crippen LogP contribution in [0.4, 0.5) is 0 Å². The average Bonchev–Trinajstić information content (AvgIpc) is 2.48. The second kappa shape index (κ2) is 6.34. The lowest BCUT2D eigenvalue weighted by Gasteiger charge is -2.21. The number of hydrogen-bond acceptors (Lipinski definition) is 3. The molecule has 0 saturated carbocycles. The first-order chi connectivity index (χ1) is 9.22. The number of esters is 1. The van der Waals surface area contributed by atoms with Crippen LogP contribution in [0.1, 0.15) is 18.9 Å². The van der Waals surface area contributed by atoms with E-state index in [1.165, 1.54) is 11.1 Å². The van der Waals surface area contributed by atoms with Crippen molar-refractivity contribution in [2.24, 2.45) is 11.7 Å². The standard InChI is InChI=1S/C16H19NO2/c1-2-19-16(18)15(17)14-10-8-13(9-11-14)12-6-4-3-5-7-12/h3-10,14-15H,2,11,17H2,1H3. The lowest BCUT2D eigenvalue weighted by Crippen LogP contribution is -2.39. The molecule has 2 unspecified atom stereocenters. The fraction of sp³-hybridized carbons (Fsp3) is 0.312. The zero-order valence-corrected chi connectivity index (χ0v) is 11.1. The van der Waals surface area contributed by atoms with Crippen LogP contribution in [0.5, 0.6) is 0 Å². The van der Waals surface area contributed by atoms with Gasteiger partial charge in [0.1, 0.15) is 6.04 Å². The SMILES string of the molecule is CCOC(=O)C(N)C1C=CC(c2ccccc2)=CC1. The Balaban J connectivity index is 2.01. The molecule has 2 rings (SSSR count). The number of carbonyl (C=O) groups is 1. The van der Waals surface area contributed by atoms with Gasteiger partial charge in [-0.05, 0) is 24.5 Å². The van der Waals surface area contributed by atoms with E-state index in [2.05, 4.69) is 18.2 Å². The molecule has 0 heterocycles. The van der Waals surface area contributed by atoms with Crippen LogP contribution >= 0.6 is 0 Å². The van der Waals surface area contributed by atoms with Gasteiger partial charge in [0, 0.05) is 5.92 Å². The number of ether oxygens (including phenoxy) is 1. The van der Waals surface area contributed by atoms with Crippen molar-refractivity contribution >= 4 is 11.5 Å². The van der Waals surface area contributed by atoms with Crippen LogP contribution in [0.2, 0.25) is 0 Å². The molecule has 0 aromatic heterocycles. The van der Waals surface area contributed by atoms with Crippen LogP contribution in [0.3, 0.4) is 0 Å². The van der Waals surface area contributed by atoms with Gasteiger partial charge < -0.3 is 10.5 Å². The van der Waals surface area contributed by atoms with E-state index in [9.17, 15) is 4.79 Å². The van der Waals surface area contributed by atoms with Gasteiger partial charge in [0.15, 0.2) is 0 Å². The second-order valence-electron chi connectivity index (χ2n) is 4.56. The van der Waals surface area contributed by atoms with Crippen molar-refractivity contribution in [3.63, 3.8) is 0 Å². The Morgan fingerprint density at radius 3 is 2.74 bits per heavy atom. The third kappa shape index (κ3) is 3.32. The Morgan fingerprint density at radius 1 is 1.42 bits per heavy atom. The number of allylic oxidation sites excluding steroid dienone is 3. The summed E-state index contributed by atoms with van der Waals surface area (Å²) in [6.07, 6.45) is 6.92. The van der Waals surface area contributed by atoms with Gasteiger partial charge in [-0.2, -0.15) is 0 Å². The van der Waals surface area contributed by atoms with Gasteiger partial charge in [-0.1, -0.05) is 48.6 Å². The Kier molecular flexibility index (Phi) is 4.53. The van der Waals surface area contributed by atoms with Crippen molar-refractivity contribution in [1.82, 2.24) is 0 Å². The molecule has 1 aromatic carbocycles. The highest BCUT2D eigenvalue weighted by molar-refractivity contribution is 5.78. The molecular formula is C16H19NO2. The molecule has 0 saturated heterocycles. The molecule has 3 heteroatoms. The molecule has 19 heavy (non-hydrogen) atoms. The predicted octanol–water partition coefficient (Wildman–Crippen LogP) is 2.54. The van der Waals surface area contributed by atoms with E-state index in [0.29, 0.717) is 6.61 Å². The van der Waals surface area contributed by atoms with Crippen LogP contribution in [0.25, 0.3) is 5.57 Å². The summed E-state index contributed by atoms with van der Waals surface area (Å²) >= 11 is 0. The van der Waals surface area contributed by atoms with Crippen LogP contribution in [0.15, 0.2) is 48.6 Å². The maximum Gasteiger partial charge on any atom is 0.323 e. The van der Waals surface area contributed by atoms with Crippen molar-refractivity contribution in [3.8, 4) is 0 Å². The van der Waals surface area contributed by atoms with Crippen molar-refractivity contribution in [2.45, 2.75) is 19.4 Å². The van der Waals surface area contributed by atoms with Crippen molar-refractivity contribution in [2.75, 3.05) is 6.61 Å². The van der Waals surface area contributed by atoms with Crippen molar-refractivity contribution < 1.29 is 9.53 Å². The number of rotatable bonds is 4. The summed E-state index contributed by atoms with van der Waals surface area (Å²) in [6.45, 7) is 2.16. The number of carbonyl (C=O) groups excluding carboxylic acids is 1. The van der Waals surface area contributed by atoms with Gasteiger partial charge in [-0.25, -0.2) is 0 Å². The van der Waals surface area contributed by atoms with Crippen LogP contribution < -0.4 is 5.73 Å². The Hall–Kier alpha value is -1.87. The zero-order valence-electron chi connectivity index (χ0n) is 11.1. The number of nitrogens with two attached hydrogens (primary N) is 1. The van der Waals surface area contributed by atoms with Crippen molar-refractivity contribution in [1.29, 1.82) is 0 Å². The molecule has 2 atom stereocenters. The average molecular weight is 257 g/mol. The van der Waals surface area contributed by atoms with E-state index in [1.54, 1.807) is 6.92 Å². The summed E-state index contributed by atoms with van der Waals surface area (Å²) in [6, 6.07) is 9.59. The Bertz CT molecular complexity index is 491. The minimum Gasteiger partial charge on any atom is -0.465 e. The minimum atomic E-state index is -0.579. The number of benzene rings is 1. The molecule has 1 aliphatic carbocycles. The van der Waals surface area contributed by atoms with Gasteiger partial charge in [-0.15, -0.1) is 0 Å². The first-order valence-corrected chi connectivity index (χ1v) is 6.58. The van der Waals surface area contributed by atoms with E-state index in [1.807, 2.05) is 30.4 Å². The molecule has 0 amide bonds. The van der Waals surface area contributed by atoms with Crippen LogP contribution in [-0.2, 0) is 9.53 Å². The summed E-state index contributed by atoms with van der Waals surface area (Å²) in [5.41, 5.74) is 8.26. The smallest absolute Gasteiger partial charge is 0.323 e. The predicted molar refractivity (Wildman–Crippen MR) is 76.3 cm³/mol. The fourth-order valence-electron chi connectivity index (χ4n) is 2.16. The normalized spacial score (nSPS) is 19.7. The van der Waals surface area contributed by atoms with Crippen molar-refractivity contribution in [3.05, 3.63) is 54.1 Å². The van der Waals surface area contributed by atoms with Gasteiger partial charge in [0.25, 0.3) is 0 Å². The van der Waals surface area contributed by atoms with E-state index < -0.39 is 6.04 Å². The maximum atomic E-state index is 11.6. The third-order valence-corrected chi connectivity index (χ3v) is 3.26. The molecular weight excluding hydrogens is 238 g/mol. The molecule has 0 fully saturated rings. The molecule has 0 aliphatic heterocycles. The topological polar surface area (TPSA) is 52.3 Å². The second-order valence-corrected chi connectivity index (χ2v) is 4.56. The monoisotopic (exact) mass is 257 g/mol. The summed E-state index contributed by atoms with van der Waals surface area (Å²) in [7, 11) is 0. The first-order valence-electron chi connectivity index (χ1n) is 6.58. The lowest BCUT2D eigenvalue weighted by molar-refractivity contribution is -0.145. The zero-order chi connectivity index (χ0) is 13.7. The van der Waals surface area contributed by atoms with Gasteiger partial charge >= 0.3 is 5.97 Å². The lowest BCUT2D eigenvalue weighted by atomic mass is 9.88. The quantitative estimate of drug-likeness (QED) is 0.843. The highest BCUT2D eigenvalue weighted by Crippen LogP contribution is 2.25. The van der Waals surface area contributed by atoms with Crippen LogP contribution in [0, 0.1) is 5.92 Å². The largest absolute Gasteiger partial charge is 0.465 e. The van der Waals surface area contributed by atoms with Crippen LogP contribution in [-0.4, -0.2) is 18.6 Å².